The molecule has 0 unspecified atom stereocenters. The van der Waals surface area contributed by atoms with Gasteiger partial charge in [0.05, 0.1) is 10.7 Å². The largest absolute Gasteiger partial charge is 0.221 e. The molecule has 1 nitrogen and oxygen atoms in total. The quantitative estimate of drug-likeness (QED) is 0.537. The molecule has 3 heteroatoms. The van der Waals surface area contributed by atoms with Gasteiger partial charge in [0, 0.05) is 5.02 Å². The molecule has 1 fully saturated rings. The molecule has 0 amide bonds. The molecule has 1 aliphatic carbocycles. The van der Waals surface area contributed by atoms with Crippen LogP contribution in [-0.2, 0) is 5.54 Å². The fraction of sp³-hybridized carbons (Fsp3) is 0.300. The van der Waals surface area contributed by atoms with Crippen LogP contribution in [-0.4, -0.2) is 5.16 Å². The molecule has 1 aromatic carbocycles. The Morgan fingerprint density at radius 1 is 1.46 bits per heavy atom. The van der Waals surface area contributed by atoms with E-state index in [0.29, 0.717) is 0 Å². The molecule has 0 spiro atoms. The zero-order chi connectivity index (χ0) is 9.31. The number of isothiocyanates is 1. The van der Waals surface area contributed by atoms with Gasteiger partial charge in [-0.2, -0.15) is 0 Å². The molecular formula is C10H8ClNS. The number of halogens is 1. The van der Waals surface area contributed by atoms with Crippen LogP contribution in [0.2, 0.25) is 5.02 Å². The summed E-state index contributed by atoms with van der Waals surface area (Å²) >= 11 is 10.5. The predicted molar refractivity (Wildman–Crippen MR) is 57.4 cm³/mol. The van der Waals surface area contributed by atoms with Crippen LogP contribution in [0.4, 0.5) is 0 Å². The van der Waals surface area contributed by atoms with Crippen LogP contribution in [0, 0.1) is 0 Å². The monoisotopic (exact) mass is 209 g/mol. The lowest BCUT2D eigenvalue weighted by molar-refractivity contribution is 0.750. The highest BCUT2D eigenvalue weighted by Crippen LogP contribution is 2.49. The average molecular weight is 210 g/mol. The Balaban J connectivity index is 2.40. The van der Waals surface area contributed by atoms with Crippen LogP contribution < -0.4 is 0 Å². The molecule has 0 N–H and O–H groups in total. The van der Waals surface area contributed by atoms with E-state index in [-0.39, 0.29) is 5.54 Å². The van der Waals surface area contributed by atoms with Crippen LogP contribution in [0.15, 0.2) is 29.3 Å². The van der Waals surface area contributed by atoms with E-state index in [0.717, 1.165) is 23.4 Å². The molecule has 0 heterocycles. The zero-order valence-corrected chi connectivity index (χ0v) is 8.53. The highest BCUT2D eigenvalue weighted by atomic mass is 35.5. The molecule has 13 heavy (non-hydrogen) atoms. The molecule has 1 saturated carbocycles. The molecule has 0 radical (unpaired) electrons. The van der Waals surface area contributed by atoms with E-state index < -0.39 is 0 Å². The van der Waals surface area contributed by atoms with Crippen LogP contribution in [0.5, 0.6) is 0 Å². The normalized spacial score (nSPS) is 17.6. The number of hydrogen-bond acceptors (Lipinski definition) is 2. The van der Waals surface area contributed by atoms with Crippen molar-refractivity contribution < 1.29 is 0 Å². The van der Waals surface area contributed by atoms with Crippen molar-refractivity contribution in [3.05, 3.63) is 34.9 Å². The smallest absolute Gasteiger partial charge is 0.0961 e. The number of benzene rings is 1. The van der Waals surface area contributed by atoms with Gasteiger partial charge in [-0.1, -0.05) is 23.7 Å². The molecule has 0 bridgehead atoms. The lowest BCUT2D eigenvalue weighted by Gasteiger charge is -2.07. The second-order valence-corrected chi connectivity index (χ2v) is 3.86. The van der Waals surface area contributed by atoms with E-state index in [1.807, 2.05) is 24.3 Å². The summed E-state index contributed by atoms with van der Waals surface area (Å²) in [6.07, 6.45) is 2.11. The standard InChI is InChI=1S/C10H8ClNS/c11-9-3-1-2-8(6-9)10(4-5-10)12-7-13/h1-3,6H,4-5H2. The number of rotatable bonds is 2. The van der Waals surface area contributed by atoms with Crippen molar-refractivity contribution in [2.45, 2.75) is 18.4 Å². The Morgan fingerprint density at radius 3 is 2.77 bits per heavy atom. The molecular weight excluding hydrogens is 202 g/mol. The first-order valence-electron chi connectivity index (χ1n) is 4.12. The minimum Gasteiger partial charge on any atom is -0.221 e. The second-order valence-electron chi connectivity index (χ2n) is 3.25. The molecule has 0 atom stereocenters. The Hall–Kier alpha value is -0.690. The first kappa shape index (κ1) is 8.89. The molecule has 66 valence electrons. The Morgan fingerprint density at radius 2 is 2.23 bits per heavy atom. The third kappa shape index (κ3) is 1.66. The zero-order valence-electron chi connectivity index (χ0n) is 6.96. The first-order valence-corrected chi connectivity index (χ1v) is 4.91. The summed E-state index contributed by atoms with van der Waals surface area (Å²) in [5, 5.41) is 3.21. The van der Waals surface area contributed by atoms with Gasteiger partial charge < -0.3 is 0 Å². The third-order valence-corrected chi connectivity index (χ3v) is 2.67. The number of hydrogen-bond donors (Lipinski definition) is 0. The Bertz CT molecular complexity index is 378. The van der Waals surface area contributed by atoms with Gasteiger partial charge in [-0.05, 0) is 42.8 Å². The summed E-state index contributed by atoms with van der Waals surface area (Å²) in [7, 11) is 0. The Kier molecular flexibility index (Phi) is 2.20. The van der Waals surface area contributed by atoms with E-state index in [4.69, 9.17) is 11.6 Å². The van der Waals surface area contributed by atoms with Crippen molar-refractivity contribution in [2.75, 3.05) is 0 Å². The minimum absolute atomic E-state index is 0.0906. The number of nitrogens with zero attached hydrogens (tertiary/aromatic N) is 1. The van der Waals surface area contributed by atoms with Crippen molar-refractivity contribution in [3.63, 3.8) is 0 Å². The van der Waals surface area contributed by atoms with Gasteiger partial charge in [-0.3, -0.25) is 0 Å². The van der Waals surface area contributed by atoms with Crippen LogP contribution in [0.1, 0.15) is 18.4 Å². The van der Waals surface area contributed by atoms with Crippen LogP contribution >= 0.6 is 23.8 Å². The van der Waals surface area contributed by atoms with Gasteiger partial charge in [-0.15, -0.1) is 0 Å². The summed E-state index contributed by atoms with van der Waals surface area (Å²) in [6.45, 7) is 0. The maximum Gasteiger partial charge on any atom is 0.0961 e. The van der Waals surface area contributed by atoms with Gasteiger partial charge in [0.25, 0.3) is 0 Å². The van der Waals surface area contributed by atoms with Gasteiger partial charge in [0.15, 0.2) is 0 Å². The van der Waals surface area contributed by atoms with Gasteiger partial charge in [-0.25, -0.2) is 4.99 Å². The second kappa shape index (κ2) is 3.22. The van der Waals surface area contributed by atoms with E-state index in [1.54, 1.807) is 0 Å². The lowest BCUT2D eigenvalue weighted by Crippen LogP contribution is -2.01. The van der Waals surface area contributed by atoms with Crippen molar-refractivity contribution in [2.24, 2.45) is 4.99 Å². The van der Waals surface area contributed by atoms with E-state index >= 15 is 0 Å². The van der Waals surface area contributed by atoms with Gasteiger partial charge >= 0.3 is 0 Å². The molecule has 0 aliphatic heterocycles. The van der Waals surface area contributed by atoms with Crippen molar-refractivity contribution in [1.82, 2.24) is 0 Å². The summed E-state index contributed by atoms with van der Waals surface area (Å²) in [5.41, 5.74) is 1.06. The van der Waals surface area contributed by atoms with Gasteiger partial charge in [0.1, 0.15) is 0 Å². The number of thiocarbonyl (C=S) groups is 1. The SMILES string of the molecule is S=C=NC1(c2cccc(Cl)c2)CC1. The molecule has 0 aromatic heterocycles. The van der Waals surface area contributed by atoms with Gasteiger partial charge in [0.2, 0.25) is 0 Å². The summed E-state index contributed by atoms with van der Waals surface area (Å²) in [6, 6.07) is 7.79. The molecule has 0 saturated heterocycles. The van der Waals surface area contributed by atoms with Crippen molar-refractivity contribution in [1.29, 1.82) is 0 Å². The van der Waals surface area contributed by atoms with E-state index in [9.17, 15) is 0 Å². The van der Waals surface area contributed by atoms with Crippen molar-refractivity contribution >= 4 is 29.0 Å². The summed E-state index contributed by atoms with van der Waals surface area (Å²) in [5.74, 6) is 0. The van der Waals surface area contributed by atoms with E-state index in [1.165, 1.54) is 0 Å². The van der Waals surface area contributed by atoms with Crippen LogP contribution in [0.25, 0.3) is 0 Å². The van der Waals surface area contributed by atoms with Crippen molar-refractivity contribution in [3.8, 4) is 0 Å². The topological polar surface area (TPSA) is 12.4 Å². The highest BCUT2D eigenvalue weighted by molar-refractivity contribution is 7.78. The fourth-order valence-electron chi connectivity index (χ4n) is 1.45. The maximum absolute atomic E-state index is 5.89. The minimum atomic E-state index is -0.0906. The lowest BCUT2D eigenvalue weighted by atomic mass is 10.1. The predicted octanol–water partition coefficient (Wildman–Crippen LogP) is 3.43. The Labute approximate surface area is 87.4 Å². The first-order chi connectivity index (χ1) is 6.27. The van der Waals surface area contributed by atoms with Crippen LogP contribution in [0.3, 0.4) is 0 Å². The maximum atomic E-state index is 5.89. The average Bonchev–Trinajstić information content (AvgIpc) is 2.86. The van der Waals surface area contributed by atoms with E-state index in [2.05, 4.69) is 22.4 Å². The molecule has 2 rings (SSSR count). The molecule has 1 aliphatic rings. The molecule has 1 aromatic rings. The third-order valence-electron chi connectivity index (χ3n) is 2.35. The summed E-state index contributed by atoms with van der Waals surface area (Å²) < 4.78 is 0. The fourth-order valence-corrected chi connectivity index (χ4v) is 1.81. The highest BCUT2D eigenvalue weighted by Gasteiger charge is 2.44. The number of aliphatic imine (C=N–C) groups is 1. The summed E-state index contributed by atoms with van der Waals surface area (Å²) in [4.78, 5) is 4.19.